The second kappa shape index (κ2) is 43.0. The fraction of sp³-hybridized carbons (Fsp3) is 0.361. The van der Waals surface area contributed by atoms with E-state index in [-0.39, 0.29) is 64.8 Å². The summed E-state index contributed by atoms with van der Waals surface area (Å²) in [6.45, 7) is 9.63. The van der Waals surface area contributed by atoms with Crippen LogP contribution in [0.1, 0.15) is 251 Å². The lowest BCUT2D eigenvalue weighted by Gasteiger charge is -2.32. The maximum atomic E-state index is 13.4. The number of hydrogen-bond acceptors (Lipinski definition) is 16. The van der Waals surface area contributed by atoms with Gasteiger partial charge in [0.1, 0.15) is 34.3 Å². The first-order valence-electron chi connectivity index (χ1n) is 49.8. The van der Waals surface area contributed by atoms with Gasteiger partial charge in [0.25, 0.3) is 29.5 Å². The zero-order chi connectivity index (χ0) is 105. The number of aryl methyl sites for hydroxylation is 2. The maximum Gasteiger partial charge on any atom is 0.416 e. The number of imidazole rings is 5. The van der Waals surface area contributed by atoms with Crippen molar-refractivity contribution >= 4 is 63.6 Å². The van der Waals surface area contributed by atoms with Crippen molar-refractivity contribution in [2.45, 2.75) is 170 Å². The van der Waals surface area contributed by atoms with Crippen molar-refractivity contribution in [3.63, 3.8) is 0 Å². The average Bonchev–Trinajstić information content (AvgIpc) is 1.69. The highest BCUT2D eigenvalue weighted by Gasteiger charge is 2.44. The minimum atomic E-state index is -4.38. The molecule has 27 nitrogen and oxygen atoms in total. The Labute approximate surface area is 849 Å². The van der Waals surface area contributed by atoms with Gasteiger partial charge >= 0.3 is 30.9 Å². The molecular formula is C108H103F15N22O5. The summed E-state index contributed by atoms with van der Waals surface area (Å²) in [7, 11) is 0. The summed E-state index contributed by atoms with van der Waals surface area (Å²) in [6.07, 6.45) is -0.584. The molecule has 780 valence electrons. The van der Waals surface area contributed by atoms with Gasteiger partial charge in [0.2, 0.25) is 0 Å². The van der Waals surface area contributed by atoms with E-state index in [1.807, 2.05) is 85.4 Å². The Morgan fingerprint density at radius 3 is 0.747 bits per heavy atom. The lowest BCUT2D eigenvalue weighted by atomic mass is 9.86. The zero-order valence-electron chi connectivity index (χ0n) is 81.4. The smallest absolute Gasteiger partial charge is 0.355 e. The largest absolute Gasteiger partial charge is 0.416 e. The molecule has 7 fully saturated rings. The van der Waals surface area contributed by atoms with Crippen LogP contribution in [0.5, 0.6) is 0 Å². The number of alkyl halides is 15. The minimum Gasteiger partial charge on any atom is -0.355 e. The monoisotopic (exact) mass is 2070 g/mol. The number of anilines is 1. The van der Waals surface area contributed by atoms with Crippen LogP contribution in [-0.4, -0.2) is 210 Å². The van der Waals surface area contributed by atoms with Crippen LogP contribution in [0.2, 0.25) is 0 Å². The van der Waals surface area contributed by atoms with Gasteiger partial charge in [-0.15, -0.1) is 10.2 Å². The lowest BCUT2D eigenvalue weighted by molar-refractivity contribution is -0.139. The molecule has 23 rings (SSSR count). The van der Waals surface area contributed by atoms with Crippen LogP contribution in [0.25, 0.3) is 34.1 Å². The molecular weight excluding hydrogens is 1970 g/mol. The molecule has 6 aliphatic heterocycles. The first-order chi connectivity index (χ1) is 71.8. The number of fused-ring (bicyclic) bond motifs is 5. The van der Waals surface area contributed by atoms with Gasteiger partial charge in [-0.2, -0.15) is 81.2 Å². The number of likely N-dealkylation sites (tertiary alicyclic amines) is 5. The van der Waals surface area contributed by atoms with Crippen molar-refractivity contribution in [3.8, 4) is 5.82 Å². The molecule has 11 aromatic heterocycles. The predicted molar refractivity (Wildman–Crippen MR) is 524 cm³/mol. The molecule has 7 aliphatic rings. The van der Waals surface area contributed by atoms with E-state index in [1.165, 1.54) is 30.3 Å². The minimum absolute atomic E-state index is 0.198. The van der Waals surface area contributed by atoms with Crippen LogP contribution in [0.3, 0.4) is 0 Å². The number of piperidine rings is 5. The van der Waals surface area contributed by atoms with Crippen LogP contribution in [0.4, 0.5) is 71.7 Å². The summed E-state index contributed by atoms with van der Waals surface area (Å²) in [5, 5.41) is 22.2. The Bertz CT molecular complexity index is 7400. The number of nitrogens with zero attached hydrogens (tertiary/aromatic N) is 22. The Morgan fingerprint density at radius 2 is 0.480 bits per heavy atom. The summed E-state index contributed by atoms with van der Waals surface area (Å²) < 4.78 is 210. The molecule has 0 N–H and O–H groups in total. The first kappa shape index (κ1) is 103. The molecule has 5 amide bonds. The molecule has 150 heavy (non-hydrogen) atoms. The Hall–Kier alpha value is -15.4. The number of hydrogen-bond donors (Lipinski definition) is 0. The molecule has 0 spiro atoms. The molecule has 0 unspecified atom stereocenters. The average molecular weight is 2070 g/mol. The molecule has 0 radical (unpaired) electrons. The number of carbonyl (C=O) groups excluding carboxylic acids is 5. The topological polar surface area (TPSA) is 261 Å². The predicted octanol–water partition coefficient (Wildman–Crippen LogP) is 21.7. The number of amides is 5. The highest BCUT2D eigenvalue weighted by Crippen LogP contribution is 2.46. The van der Waals surface area contributed by atoms with Gasteiger partial charge < -0.3 is 34.0 Å². The summed E-state index contributed by atoms with van der Waals surface area (Å²) in [4.78, 5) is 96.8. The van der Waals surface area contributed by atoms with Gasteiger partial charge in [-0.3, -0.25) is 24.0 Å². The Balaban J connectivity index is 0.000000118. The molecule has 0 bridgehead atoms. The molecule has 5 aromatic carbocycles. The molecule has 0 atom stereocenters. The highest BCUT2D eigenvalue weighted by atomic mass is 19.4. The number of carbonyl (C=O) groups is 5. The summed E-state index contributed by atoms with van der Waals surface area (Å²) in [5.41, 5.74) is 5.77. The van der Waals surface area contributed by atoms with Crippen molar-refractivity contribution in [2.24, 2.45) is 0 Å². The second-order valence-electron chi connectivity index (χ2n) is 38.6. The third kappa shape index (κ3) is 23.3. The summed E-state index contributed by atoms with van der Waals surface area (Å²) in [5.74, 6) is -0.0939. The van der Waals surface area contributed by atoms with E-state index >= 15 is 0 Å². The van der Waals surface area contributed by atoms with Crippen molar-refractivity contribution in [1.29, 1.82) is 0 Å². The molecule has 1 aliphatic carbocycles. The van der Waals surface area contributed by atoms with Gasteiger partial charge in [-0.05, 0) is 264 Å². The van der Waals surface area contributed by atoms with Crippen LogP contribution >= 0.6 is 0 Å². The summed E-state index contributed by atoms with van der Waals surface area (Å²) in [6, 6.07) is 50.8. The molecule has 42 heteroatoms. The Morgan fingerprint density at radius 1 is 0.247 bits per heavy atom. The lowest BCUT2D eigenvalue weighted by Crippen LogP contribution is -2.38. The van der Waals surface area contributed by atoms with E-state index in [2.05, 4.69) is 55.3 Å². The van der Waals surface area contributed by atoms with Crippen LogP contribution < -0.4 is 4.90 Å². The van der Waals surface area contributed by atoms with Gasteiger partial charge in [0.15, 0.2) is 34.1 Å². The quantitative estimate of drug-likeness (QED) is 0.0972. The van der Waals surface area contributed by atoms with Crippen molar-refractivity contribution in [1.82, 2.24) is 102 Å². The van der Waals surface area contributed by atoms with Gasteiger partial charge in [-0.25, -0.2) is 47.5 Å². The van der Waals surface area contributed by atoms with Crippen LogP contribution in [0.15, 0.2) is 238 Å². The fourth-order valence-electron chi connectivity index (χ4n) is 20.8. The normalized spacial score (nSPS) is 16.7. The van der Waals surface area contributed by atoms with E-state index in [0.717, 1.165) is 92.0 Å². The van der Waals surface area contributed by atoms with E-state index in [1.54, 1.807) is 157 Å². The van der Waals surface area contributed by atoms with E-state index in [0.29, 0.717) is 220 Å². The standard InChI is InChI=1S/C23H24F3N5O.C23H20F3N5O.C22H21F3N4O.2C20H19F3N4O/c2*24-23(25,26)18-6-2-1-5-17(18)16-9-13-30(14-10-16)22(32)19-15-31-20(27-19)7-8-21(28-31)29-11-3-4-12-29;23-22(24,25)17-4-2-1-3-16(17)14-9-11-28(12-10-14)21(30)19-13-29-20(26-19)8-7-18(27-29)15-5-6-15;2*1-13-6-7-18-24-17(12-27(18)25-13)19(28)26-10-8-14(9-11-26)15-4-2-3-5-16(15)20(21,22)23/h1-2,5-8,15-16H,3-4,9-14H2;1-8,11-12,15-16H,9-10,13-14H2;1-4,7-8,13-15H,5-6,9-12H2;2*2-7,12,14H,8-11H2,1H3. The SMILES string of the molecule is Cc1ccc2nc(C(=O)N3CCC(c4ccccc4C(F)(F)F)CC3)cn2n1.Cc1ccc2nc(C(=O)N3CCC(c4ccccc4C(F)(F)F)CC3)cn2n1.O=C(c1cn2nc(-n3cccc3)ccc2n1)N1CCC(c2ccccc2C(F)(F)F)CC1.O=C(c1cn2nc(C3CC3)ccc2n1)N1CCC(c2ccccc2C(F)(F)F)CC1.O=C(c1cn2nc(N3CCCC3)ccc2n1)N1CCC(c2ccccc2C(F)(F)F)CC1. The van der Waals surface area contributed by atoms with Gasteiger partial charge in [0, 0.05) is 96.8 Å². The van der Waals surface area contributed by atoms with Gasteiger partial charge in [0.05, 0.1) is 75.9 Å². The van der Waals surface area contributed by atoms with E-state index in [4.69, 9.17) is 0 Å². The number of benzene rings is 5. The fourth-order valence-corrected chi connectivity index (χ4v) is 20.8. The van der Waals surface area contributed by atoms with Crippen molar-refractivity contribution < 1.29 is 89.8 Å². The van der Waals surface area contributed by atoms with Crippen molar-refractivity contribution in [2.75, 3.05) is 83.4 Å². The second-order valence-corrected chi connectivity index (χ2v) is 38.6. The summed E-state index contributed by atoms with van der Waals surface area (Å²) >= 11 is 0. The van der Waals surface area contributed by atoms with Crippen molar-refractivity contribution in [3.05, 3.63) is 339 Å². The third-order valence-corrected chi connectivity index (χ3v) is 28.7. The number of rotatable bonds is 13. The van der Waals surface area contributed by atoms with Crippen LogP contribution in [0, 0.1) is 13.8 Å². The highest BCUT2D eigenvalue weighted by molar-refractivity contribution is 5.95. The zero-order valence-corrected chi connectivity index (χ0v) is 81.4. The van der Waals surface area contributed by atoms with Gasteiger partial charge in [-0.1, -0.05) is 91.0 Å². The third-order valence-electron chi connectivity index (χ3n) is 28.7. The molecule has 17 heterocycles. The molecule has 6 saturated heterocycles. The number of aromatic nitrogens is 16. The number of halogens is 15. The van der Waals surface area contributed by atoms with Crippen LogP contribution in [-0.2, 0) is 30.9 Å². The molecule has 16 aromatic rings. The van der Waals surface area contributed by atoms with E-state index < -0.39 is 58.7 Å². The first-order valence-corrected chi connectivity index (χ1v) is 49.8. The Kier molecular flexibility index (Phi) is 29.6. The van der Waals surface area contributed by atoms with E-state index in [9.17, 15) is 89.8 Å². The molecule has 1 saturated carbocycles. The maximum absolute atomic E-state index is 13.4.